The molecule has 0 aliphatic rings. The van der Waals surface area contributed by atoms with E-state index in [0.29, 0.717) is 17.2 Å². The van der Waals surface area contributed by atoms with Crippen LogP contribution >= 0.6 is 0 Å². The second-order valence-electron chi connectivity index (χ2n) is 5.01. The lowest BCUT2D eigenvalue weighted by molar-refractivity contribution is -0.122. The highest BCUT2D eigenvalue weighted by molar-refractivity contribution is 5.94. The molecular formula is C18H16N2O3. The van der Waals surface area contributed by atoms with Crippen LogP contribution in [0.4, 0.5) is 5.69 Å². The molecule has 1 N–H and O–H groups in total. The lowest BCUT2D eigenvalue weighted by atomic mass is 10.1. The van der Waals surface area contributed by atoms with Crippen LogP contribution in [-0.2, 0) is 4.79 Å². The minimum absolute atomic E-state index is 0.207. The maximum Gasteiger partial charge on any atom is 0.265 e. The maximum absolute atomic E-state index is 12.2. The standard InChI is InChI=1S/C18H16N2O3/c1-13(23-16-5-3-2-4-6-16)18(21)20-15-9-7-14(8-10-15)17-11-19-12-22-17/h2-13H,1H3,(H,20,21)/t13-/m1/s1. The van der Waals surface area contributed by atoms with Gasteiger partial charge < -0.3 is 14.5 Å². The van der Waals surface area contributed by atoms with E-state index in [0.717, 1.165) is 5.56 Å². The van der Waals surface area contributed by atoms with Crippen molar-refractivity contribution in [2.75, 3.05) is 5.32 Å². The Morgan fingerprint density at radius 2 is 1.87 bits per heavy atom. The van der Waals surface area contributed by atoms with Gasteiger partial charge in [0.2, 0.25) is 0 Å². The zero-order valence-corrected chi connectivity index (χ0v) is 12.6. The fraction of sp³-hybridized carbons (Fsp3) is 0.111. The number of benzene rings is 2. The van der Waals surface area contributed by atoms with Gasteiger partial charge in [-0.15, -0.1) is 0 Å². The second kappa shape index (κ2) is 6.79. The maximum atomic E-state index is 12.2. The molecule has 116 valence electrons. The van der Waals surface area contributed by atoms with E-state index in [1.807, 2.05) is 54.6 Å². The number of hydrogen-bond acceptors (Lipinski definition) is 4. The number of para-hydroxylation sites is 1. The van der Waals surface area contributed by atoms with Crippen LogP contribution in [0.1, 0.15) is 6.92 Å². The van der Waals surface area contributed by atoms with E-state index in [4.69, 9.17) is 9.15 Å². The number of carbonyl (C=O) groups is 1. The molecule has 5 nitrogen and oxygen atoms in total. The zero-order valence-electron chi connectivity index (χ0n) is 12.6. The molecule has 0 unspecified atom stereocenters. The van der Waals surface area contributed by atoms with Gasteiger partial charge in [0, 0.05) is 11.3 Å². The van der Waals surface area contributed by atoms with Gasteiger partial charge >= 0.3 is 0 Å². The number of ether oxygens (including phenoxy) is 1. The van der Waals surface area contributed by atoms with Crippen molar-refractivity contribution >= 4 is 11.6 Å². The molecule has 0 saturated carbocycles. The van der Waals surface area contributed by atoms with E-state index < -0.39 is 6.10 Å². The summed E-state index contributed by atoms with van der Waals surface area (Å²) in [7, 11) is 0. The average molecular weight is 308 g/mol. The normalized spacial score (nSPS) is 11.7. The summed E-state index contributed by atoms with van der Waals surface area (Å²) in [4.78, 5) is 16.0. The van der Waals surface area contributed by atoms with Crippen molar-refractivity contribution in [2.24, 2.45) is 0 Å². The van der Waals surface area contributed by atoms with Crippen molar-refractivity contribution < 1.29 is 13.9 Å². The van der Waals surface area contributed by atoms with E-state index in [9.17, 15) is 4.79 Å². The number of rotatable bonds is 5. The fourth-order valence-electron chi connectivity index (χ4n) is 2.08. The van der Waals surface area contributed by atoms with Gasteiger partial charge in [-0.2, -0.15) is 0 Å². The number of oxazole rings is 1. The van der Waals surface area contributed by atoms with Crippen molar-refractivity contribution in [2.45, 2.75) is 13.0 Å². The molecule has 23 heavy (non-hydrogen) atoms. The first kappa shape index (κ1) is 14.8. The van der Waals surface area contributed by atoms with Crippen LogP contribution in [0.25, 0.3) is 11.3 Å². The molecule has 3 aromatic rings. The molecule has 0 bridgehead atoms. The predicted octanol–water partition coefficient (Wildman–Crippen LogP) is 3.75. The Kier molecular flexibility index (Phi) is 4.38. The summed E-state index contributed by atoms with van der Waals surface area (Å²) >= 11 is 0. The molecule has 1 aromatic heterocycles. The number of hydrogen-bond donors (Lipinski definition) is 1. The quantitative estimate of drug-likeness (QED) is 0.779. The van der Waals surface area contributed by atoms with E-state index in [1.165, 1.54) is 6.39 Å². The number of aromatic nitrogens is 1. The van der Waals surface area contributed by atoms with Crippen molar-refractivity contribution in [1.82, 2.24) is 4.98 Å². The third-order valence-electron chi connectivity index (χ3n) is 3.29. The van der Waals surface area contributed by atoms with E-state index in [2.05, 4.69) is 10.3 Å². The third kappa shape index (κ3) is 3.77. The number of nitrogens with zero attached hydrogens (tertiary/aromatic N) is 1. The van der Waals surface area contributed by atoms with E-state index in [1.54, 1.807) is 13.1 Å². The van der Waals surface area contributed by atoms with Gasteiger partial charge in [-0.3, -0.25) is 4.79 Å². The molecule has 0 aliphatic heterocycles. The summed E-state index contributed by atoms with van der Waals surface area (Å²) in [5.41, 5.74) is 1.59. The largest absolute Gasteiger partial charge is 0.481 e. The Bertz CT molecular complexity index is 753. The fourth-order valence-corrected chi connectivity index (χ4v) is 2.08. The van der Waals surface area contributed by atoms with Crippen molar-refractivity contribution in [3.8, 4) is 17.1 Å². The molecule has 0 spiro atoms. The monoisotopic (exact) mass is 308 g/mol. The SMILES string of the molecule is C[C@@H](Oc1ccccc1)C(=O)Nc1ccc(-c2cnco2)cc1. The third-order valence-corrected chi connectivity index (χ3v) is 3.29. The van der Waals surface area contributed by atoms with Crippen LogP contribution in [0.15, 0.2) is 71.6 Å². The van der Waals surface area contributed by atoms with Crippen LogP contribution in [0.2, 0.25) is 0 Å². The van der Waals surface area contributed by atoms with Gasteiger partial charge in [0.25, 0.3) is 5.91 Å². The first-order valence-corrected chi connectivity index (χ1v) is 7.24. The van der Waals surface area contributed by atoms with Crippen molar-refractivity contribution in [1.29, 1.82) is 0 Å². The Balaban J connectivity index is 1.61. The molecular weight excluding hydrogens is 292 g/mol. The highest BCUT2D eigenvalue weighted by atomic mass is 16.5. The molecule has 0 saturated heterocycles. The second-order valence-corrected chi connectivity index (χ2v) is 5.01. The molecule has 0 fully saturated rings. The Labute approximate surface area is 133 Å². The number of amides is 1. The number of nitrogens with one attached hydrogen (secondary N) is 1. The first-order valence-electron chi connectivity index (χ1n) is 7.24. The lowest BCUT2D eigenvalue weighted by Gasteiger charge is -2.14. The van der Waals surface area contributed by atoms with Gasteiger partial charge in [0.15, 0.2) is 18.3 Å². The van der Waals surface area contributed by atoms with Gasteiger partial charge in [-0.25, -0.2) is 4.98 Å². The van der Waals surface area contributed by atoms with Crippen molar-refractivity contribution in [3.63, 3.8) is 0 Å². The predicted molar refractivity (Wildman–Crippen MR) is 87.1 cm³/mol. The van der Waals surface area contributed by atoms with Crippen LogP contribution in [0.3, 0.4) is 0 Å². The Morgan fingerprint density at radius 1 is 1.13 bits per heavy atom. The summed E-state index contributed by atoms with van der Waals surface area (Å²) in [6.07, 6.45) is 2.43. The van der Waals surface area contributed by atoms with Crippen LogP contribution in [-0.4, -0.2) is 17.0 Å². The minimum atomic E-state index is -0.591. The number of anilines is 1. The topological polar surface area (TPSA) is 64.4 Å². The summed E-state index contributed by atoms with van der Waals surface area (Å²) in [5, 5.41) is 2.82. The number of carbonyl (C=O) groups excluding carboxylic acids is 1. The first-order chi connectivity index (χ1) is 11.2. The van der Waals surface area contributed by atoms with Gasteiger partial charge in [0.1, 0.15) is 5.75 Å². The molecule has 3 rings (SSSR count). The van der Waals surface area contributed by atoms with Crippen LogP contribution in [0.5, 0.6) is 5.75 Å². The van der Waals surface area contributed by atoms with Gasteiger partial charge in [-0.05, 0) is 43.3 Å². The smallest absolute Gasteiger partial charge is 0.265 e. The molecule has 0 radical (unpaired) electrons. The Morgan fingerprint density at radius 3 is 2.52 bits per heavy atom. The highest BCUT2D eigenvalue weighted by Crippen LogP contribution is 2.21. The lowest BCUT2D eigenvalue weighted by Crippen LogP contribution is -2.30. The minimum Gasteiger partial charge on any atom is -0.481 e. The van der Waals surface area contributed by atoms with E-state index in [-0.39, 0.29) is 5.91 Å². The van der Waals surface area contributed by atoms with Crippen LogP contribution < -0.4 is 10.1 Å². The molecule has 0 aliphatic carbocycles. The molecule has 1 atom stereocenters. The summed E-state index contributed by atoms with van der Waals surface area (Å²) < 4.78 is 10.8. The van der Waals surface area contributed by atoms with Crippen LogP contribution in [0, 0.1) is 0 Å². The summed E-state index contributed by atoms with van der Waals surface area (Å²) in [5.74, 6) is 1.14. The zero-order chi connectivity index (χ0) is 16.1. The highest BCUT2D eigenvalue weighted by Gasteiger charge is 2.14. The average Bonchev–Trinajstić information content (AvgIpc) is 3.11. The van der Waals surface area contributed by atoms with Gasteiger partial charge in [-0.1, -0.05) is 18.2 Å². The van der Waals surface area contributed by atoms with Gasteiger partial charge in [0.05, 0.1) is 6.20 Å². The molecule has 2 aromatic carbocycles. The summed E-state index contributed by atoms with van der Waals surface area (Å²) in [6, 6.07) is 16.6. The molecule has 5 heteroatoms. The van der Waals surface area contributed by atoms with Crippen molar-refractivity contribution in [3.05, 3.63) is 67.2 Å². The molecule has 1 amide bonds. The Hall–Kier alpha value is -3.08. The summed E-state index contributed by atoms with van der Waals surface area (Å²) in [6.45, 7) is 1.71. The van der Waals surface area contributed by atoms with E-state index >= 15 is 0 Å². The molecule has 1 heterocycles.